The Balaban J connectivity index is 3.04. The Labute approximate surface area is 109 Å². The molecule has 3 nitrogen and oxygen atoms in total. The number of rotatable bonds is 2. The van der Waals surface area contributed by atoms with Crippen LogP contribution >= 0.6 is 15.9 Å². The van der Waals surface area contributed by atoms with Gasteiger partial charge in [0.2, 0.25) is 0 Å². The van der Waals surface area contributed by atoms with Gasteiger partial charge in [-0.15, -0.1) is 0 Å². The minimum Gasteiger partial charge on any atom is -0.456 e. The monoisotopic (exact) mass is 298 g/mol. The zero-order chi connectivity index (χ0) is 13.2. The van der Waals surface area contributed by atoms with Crippen LogP contribution in [0.3, 0.4) is 0 Å². The lowest BCUT2D eigenvalue weighted by atomic mass is 10.1. The Morgan fingerprint density at radius 3 is 2.29 bits per heavy atom. The smallest absolute Gasteiger partial charge is 0.338 e. The maximum atomic E-state index is 11.8. The van der Waals surface area contributed by atoms with Crippen LogP contribution in [0.15, 0.2) is 22.7 Å². The molecule has 0 aliphatic rings. The van der Waals surface area contributed by atoms with E-state index in [1.165, 1.54) is 6.92 Å². The van der Waals surface area contributed by atoms with Gasteiger partial charge in [0.25, 0.3) is 0 Å². The van der Waals surface area contributed by atoms with E-state index in [4.69, 9.17) is 4.74 Å². The Morgan fingerprint density at radius 1 is 1.24 bits per heavy atom. The fourth-order valence-corrected chi connectivity index (χ4v) is 1.78. The van der Waals surface area contributed by atoms with Gasteiger partial charge < -0.3 is 4.74 Å². The van der Waals surface area contributed by atoms with Gasteiger partial charge in [-0.05, 0) is 45.9 Å². The molecule has 1 rings (SSSR count). The second-order valence-corrected chi connectivity index (χ2v) is 5.61. The summed E-state index contributed by atoms with van der Waals surface area (Å²) in [6, 6.07) is 4.85. The molecule has 0 bridgehead atoms. The van der Waals surface area contributed by atoms with Crippen molar-refractivity contribution in [1.29, 1.82) is 0 Å². The van der Waals surface area contributed by atoms with Crippen molar-refractivity contribution in [2.75, 3.05) is 0 Å². The summed E-state index contributed by atoms with van der Waals surface area (Å²) >= 11 is 3.27. The van der Waals surface area contributed by atoms with Crippen LogP contribution in [0.4, 0.5) is 0 Å². The van der Waals surface area contributed by atoms with E-state index in [0.29, 0.717) is 15.6 Å². The third kappa shape index (κ3) is 3.97. The van der Waals surface area contributed by atoms with E-state index in [-0.39, 0.29) is 5.78 Å². The molecular formula is C13H15BrO3. The second-order valence-electron chi connectivity index (χ2n) is 4.75. The maximum Gasteiger partial charge on any atom is 0.338 e. The number of hydrogen-bond donors (Lipinski definition) is 0. The lowest BCUT2D eigenvalue weighted by Gasteiger charge is -2.19. The summed E-state index contributed by atoms with van der Waals surface area (Å²) in [6.07, 6.45) is 0. The molecule has 0 radical (unpaired) electrons. The van der Waals surface area contributed by atoms with Crippen molar-refractivity contribution in [2.24, 2.45) is 0 Å². The summed E-state index contributed by atoms with van der Waals surface area (Å²) in [7, 11) is 0. The van der Waals surface area contributed by atoms with Gasteiger partial charge in [0, 0.05) is 10.0 Å². The third-order valence-corrected chi connectivity index (χ3v) is 2.67. The zero-order valence-electron chi connectivity index (χ0n) is 10.3. The van der Waals surface area contributed by atoms with Gasteiger partial charge in [-0.1, -0.05) is 15.9 Å². The van der Waals surface area contributed by atoms with E-state index in [2.05, 4.69) is 15.9 Å². The fraction of sp³-hybridized carbons (Fsp3) is 0.385. The first kappa shape index (κ1) is 13.9. The largest absolute Gasteiger partial charge is 0.456 e. The highest BCUT2D eigenvalue weighted by molar-refractivity contribution is 9.10. The number of hydrogen-bond acceptors (Lipinski definition) is 3. The van der Waals surface area contributed by atoms with E-state index in [1.54, 1.807) is 39.0 Å². The lowest BCUT2D eigenvalue weighted by Crippen LogP contribution is -2.24. The number of ether oxygens (including phenoxy) is 1. The van der Waals surface area contributed by atoms with Crippen molar-refractivity contribution in [2.45, 2.75) is 33.3 Å². The standard InChI is InChI=1S/C13H15BrO3/c1-8(15)10-7-9(5-6-11(10)14)12(16)17-13(2,3)4/h5-7H,1-4H3. The van der Waals surface area contributed by atoms with Gasteiger partial charge in [0.1, 0.15) is 5.60 Å². The first-order valence-corrected chi connectivity index (χ1v) is 6.04. The molecule has 4 heteroatoms. The molecule has 0 heterocycles. The molecule has 0 aromatic heterocycles. The van der Waals surface area contributed by atoms with Crippen molar-refractivity contribution in [3.8, 4) is 0 Å². The maximum absolute atomic E-state index is 11.8. The molecule has 0 aliphatic heterocycles. The van der Waals surface area contributed by atoms with E-state index in [0.717, 1.165) is 0 Å². The average Bonchev–Trinajstić information content (AvgIpc) is 2.14. The average molecular weight is 299 g/mol. The van der Waals surface area contributed by atoms with Crippen LogP contribution < -0.4 is 0 Å². The molecule has 0 unspecified atom stereocenters. The Bertz CT molecular complexity index is 458. The molecule has 0 spiro atoms. The number of benzene rings is 1. The molecule has 0 aliphatic carbocycles. The van der Waals surface area contributed by atoms with Crippen LogP contribution in [0.1, 0.15) is 48.4 Å². The summed E-state index contributed by atoms with van der Waals surface area (Å²) < 4.78 is 5.91. The highest BCUT2D eigenvalue weighted by atomic mass is 79.9. The summed E-state index contributed by atoms with van der Waals surface area (Å²) in [5, 5.41) is 0. The van der Waals surface area contributed by atoms with Crippen LogP contribution in [-0.2, 0) is 4.74 Å². The van der Waals surface area contributed by atoms with Gasteiger partial charge in [0.05, 0.1) is 5.56 Å². The topological polar surface area (TPSA) is 43.4 Å². The first-order valence-electron chi connectivity index (χ1n) is 5.24. The van der Waals surface area contributed by atoms with E-state index >= 15 is 0 Å². The van der Waals surface area contributed by atoms with Crippen molar-refractivity contribution in [3.63, 3.8) is 0 Å². The Kier molecular flexibility index (Phi) is 4.09. The van der Waals surface area contributed by atoms with E-state index in [1.807, 2.05) is 0 Å². The minimum atomic E-state index is -0.541. The van der Waals surface area contributed by atoms with Crippen molar-refractivity contribution in [1.82, 2.24) is 0 Å². The SMILES string of the molecule is CC(=O)c1cc(C(=O)OC(C)(C)C)ccc1Br. The summed E-state index contributed by atoms with van der Waals surface area (Å²) in [6.45, 7) is 6.86. The Morgan fingerprint density at radius 2 is 1.82 bits per heavy atom. The molecule has 0 amide bonds. The third-order valence-electron chi connectivity index (χ3n) is 1.98. The minimum absolute atomic E-state index is 0.0951. The molecule has 17 heavy (non-hydrogen) atoms. The highest BCUT2D eigenvalue weighted by Crippen LogP contribution is 2.20. The zero-order valence-corrected chi connectivity index (χ0v) is 11.9. The van der Waals surface area contributed by atoms with Crippen LogP contribution in [0, 0.1) is 0 Å². The van der Waals surface area contributed by atoms with Crippen molar-refractivity contribution < 1.29 is 14.3 Å². The van der Waals surface area contributed by atoms with Crippen LogP contribution in [0.2, 0.25) is 0 Å². The van der Waals surface area contributed by atoms with Crippen LogP contribution in [0.25, 0.3) is 0 Å². The molecule has 0 fully saturated rings. The molecule has 1 aromatic rings. The molecular weight excluding hydrogens is 284 g/mol. The highest BCUT2D eigenvalue weighted by Gasteiger charge is 2.19. The number of halogens is 1. The number of Topliss-reactive ketones (excluding diaryl/α,β-unsaturated/α-hetero) is 1. The van der Waals surface area contributed by atoms with Gasteiger partial charge >= 0.3 is 5.97 Å². The number of esters is 1. The summed E-state index contributed by atoms with van der Waals surface area (Å²) in [5.41, 5.74) is 0.322. The first-order chi connectivity index (χ1) is 7.70. The summed E-state index contributed by atoms with van der Waals surface area (Å²) in [5.74, 6) is -0.519. The summed E-state index contributed by atoms with van der Waals surface area (Å²) in [4.78, 5) is 23.1. The Hall–Kier alpha value is -1.16. The lowest BCUT2D eigenvalue weighted by molar-refractivity contribution is 0.00695. The van der Waals surface area contributed by atoms with Gasteiger partial charge in [-0.25, -0.2) is 4.79 Å². The fourth-order valence-electron chi connectivity index (χ4n) is 1.26. The van der Waals surface area contributed by atoms with Gasteiger partial charge in [-0.2, -0.15) is 0 Å². The molecule has 92 valence electrons. The van der Waals surface area contributed by atoms with Crippen LogP contribution in [0.5, 0.6) is 0 Å². The van der Waals surface area contributed by atoms with Gasteiger partial charge in [0.15, 0.2) is 5.78 Å². The predicted octanol–water partition coefficient (Wildman–Crippen LogP) is 3.61. The van der Waals surface area contributed by atoms with E-state index in [9.17, 15) is 9.59 Å². The van der Waals surface area contributed by atoms with Gasteiger partial charge in [-0.3, -0.25) is 4.79 Å². The molecule has 0 atom stereocenters. The number of carbonyl (C=O) groups is 2. The molecule has 0 saturated heterocycles. The number of carbonyl (C=O) groups excluding carboxylic acids is 2. The second kappa shape index (κ2) is 5.00. The van der Waals surface area contributed by atoms with Crippen molar-refractivity contribution >= 4 is 27.7 Å². The quantitative estimate of drug-likeness (QED) is 0.619. The predicted molar refractivity (Wildman–Crippen MR) is 69.3 cm³/mol. The molecule has 0 N–H and O–H groups in total. The number of ketones is 1. The van der Waals surface area contributed by atoms with Crippen molar-refractivity contribution in [3.05, 3.63) is 33.8 Å². The normalized spacial score (nSPS) is 11.1. The molecule has 0 saturated carbocycles. The van der Waals surface area contributed by atoms with Crippen LogP contribution in [-0.4, -0.2) is 17.4 Å². The molecule has 1 aromatic carbocycles. The van der Waals surface area contributed by atoms with E-state index < -0.39 is 11.6 Å².